The summed E-state index contributed by atoms with van der Waals surface area (Å²) in [6.45, 7) is 0.631. The lowest BCUT2D eigenvalue weighted by atomic mass is 10.2. The van der Waals surface area contributed by atoms with Crippen molar-refractivity contribution in [2.45, 2.75) is 11.4 Å². The van der Waals surface area contributed by atoms with Gasteiger partial charge in [0.05, 0.1) is 12.0 Å². The Morgan fingerprint density at radius 1 is 1.56 bits per heavy atom. The van der Waals surface area contributed by atoms with Crippen molar-refractivity contribution >= 4 is 34.1 Å². The van der Waals surface area contributed by atoms with Crippen molar-refractivity contribution in [1.29, 1.82) is 0 Å². The molecule has 2 aromatic heterocycles. The smallest absolute Gasteiger partial charge is 0.218 e. The van der Waals surface area contributed by atoms with Crippen molar-refractivity contribution in [3.63, 3.8) is 0 Å². The molecule has 2 rings (SSSR count). The first kappa shape index (κ1) is 13.0. The van der Waals surface area contributed by atoms with Gasteiger partial charge in [-0.2, -0.15) is 4.37 Å². The molecule has 0 spiro atoms. The fourth-order valence-electron chi connectivity index (χ4n) is 1.52. The molecule has 0 amide bonds. The third kappa shape index (κ3) is 2.68. The summed E-state index contributed by atoms with van der Waals surface area (Å²) in [5.74, 6) is 1.21. The number of hydrogen-bond acceptors (Lipinski definition) is 7. The van der Waals surface area contributed by atoms with Crippen LogP contribution >= 0.6 is 23.3 Å². The maximum Gasteiger partial charge on any atom is 0.218 e. The van der Waals surface area contributed by atoms with Gasteiger partial charge in [-0.1, -0.05) is 6.07 Å². The Labute approximate surface area is 114 Å². The fraction of sp³-hybridized carbons (Fsp3) is 0.273. The van der Waals surface area contributed by atoms with Gasteiger partial charge in [-0.25, -0.2) is 4.98 Å². The normalized spacial score (nSPS) is 10.3. The van der Waals surface area contributed by atoms with Gasteiger partial charge < -0.3 is 15.8 Å². The topological polar surface area (TPSA) is 73.1 Å². The summed E-state index contributed by atoms with van der Waals surface area (Å²) in [5, 5.41) is 4.29. The summed E-state index contributed by atoms with van der Waals surface area (Å²) in [6.07, 6.45) is 3.69. The lowest BCUT2D eigenvalue weighted by Gasteiger charge is -2.08. The lowest BCUT2D eigenvalue weighted by molar-refractivity contribution is 0.393. The number of nitrogen functional groups attached to an aromatic ring is 1. The Morgan fingerprint density at radius 3 is 3.11 bits per heavy atom. The van der Waals surface area contributed by atoms with E-state index in [2.05, 4.69) is 14.7 Å². The quantitative estimate of drug-likeness (QED) is 0.821. The van der Waals surface area contributed by atoms with Crippen LogP contribution < -0.4 is 15.8 Å². The second-order valence-electron chi connectivity index (χ2n) is 3.46. The number of hydrogen-bond donors (Lipinski definition) is 2. The van der Waals surface area contributed by atoms with Crippen LogP contribution in [0.15, 0.2) is 23.2 Å². The van der Waals surface area contributed by atoms with E-state index in [1.165, 1.54) is 11.5 Å². The molecule has 0 saturated heterocycles. The molecule has 0 fully saturated rings. The predicted octanol–water partition coefficient (Wildman–Crippen LogP) is 2.46. The average molecular weight is 282 g/mol. The van der Waals surface area contributed by atoms with E-state index in [0.29, 0.717) is 18.2 Å². The zero-order chi connectivity index (χ0) is 13.0. The molecular formula is C11H14N4OS2. The largest absolute Gasteiger partial charge is 0.481 e. The van der Waals surface area contributed by atoms with Gasteiger partial charge in [0, 0.05) is 18.3 Å². The van der Waals surface area contributed by atoms with Crippen molar-refractivity contribution in [3.05, 3.63) is 23.9 Å². The number of methoxy groups -OCH3 is 1. The van der Waals surface area contributed by atoms with Crippen LogP contribution in [0.3, 0.4) is 0 Å². The van der Waals surface area contributed by atoms with Crippen LogP contribution in [0.2, 0.25) is 0 Å². The van der Waals surface area contributed by atoms with E-state index in [1.807, 2.05) is 18.4 Å². The molecule has 96 valence electrons. The first-order chi connectivity index (χ1) is 8.76. The molecule has 0 saturated carbocycles. The van der Waals surface area contributed by atoms with E-state index in [4.69, 9.17) is 10.5 Å². The van der Waals surface area contributed by atoms with Crippen LogP contribution in [0, 0.1) is 0 Å². The first-order valence-electron chi connectivity index (χ1n) is 5.27. The van der Waals surface area contributed by atoms with Crippen molar-refractivity contribution < 1.29 is 4.74 Å². The van der Waals surface area contributed by atoms with Gasteiger partial charge in [0.15, 0.2) is 5.82 Å². The van der Waals surface area contributed by atoms with Gasteiger partial charge in [-0.3, -0.25) is 0 Å². The second kappa shape index (κ2) is 5.92. The van der Waals surface area contributed by atoms with Crippen LogP contribution in [0.1, 0.15) is 5.56 Å². The highest BCUT2D eigenvalue weighted by atomic mass is 32.2. The maximum absolute atomic E-state index is 5.78. The monoisotopic (exact) mass is 282 g/mol. The highest BCUT2D eigenvalue weighted by Crippen LogP contribution is 2.35. The number of nitrogens with two attached hydrogens (primary N) is 1. The van der Waals surface area contributed by atoms with Gasteiger partial charge in [-0.05, 0) is 23.9 Å². The minimum Gasteiger partial charge on any atom is -0.481 e. The van der Waals surface area contributed by atoms with E-state index < -0.39 is 0 Å². The molecule has 18 heavy (non-hydrogen) atoms. The number of anilines is 2. The van der Waals surface area contributed by atoms with Crippen molar-refractivity contribution in [2.24, 2.45) is 0 Å². The molecule has 0 aromatic carbocycles. The standard InChI is InChI=1S/C11H14N4OS2/c1-16-10-7(4-3-5-13-10)6-14-11-8(17-2)9(12)15-18-11/h3-5,14H,6H2,1-2H3,(H2,12,15). The number of nitrogens with one attached hydrogen (secondary N) is 1. The molecule has 5 nitrogen and oxygen atoms in total. The van der Waals surface area contributed by atoms with Gasteiger partial charge in [0.2, 0.25) is 5.88 Å². The molecule has 2 heterocycles. The summed E-state index contributed by atoms with van der Waals surface area (Å²) in [6, 6.07) is 3.86. The van der Waals surface area contributed by atoms with Crippen LogP contribution in [0.25, 0.3) is 0 Å². The van der Waals surface area contributed by atoms with Crippen LogP contribution in [-0.4, -0.2) is 22.7 Å². The van der Waals surface area contributed by atoms with Crippen molar-refractivity contribution in [3.8, 4) is 5.88 Å². The van der Waals surface area contributed by atoms with Gasteiger partial charge in [-0.15, -0.1) is 11.8 Å². The van der Waals surface area contributed by atoms with Gasteiger partial charge in [0.25, 0.3) is 0 Å². The molecule has 2 aromatic rings. The van der Waals surface area contributed by atoms with E-state index in [0.717, 1.165) is 15.5 Å². The lowest BCUT2D eigenvalue weighted by Crippen LogP contribution is -2.02. The number of thioether (sulfide) groups is 1. The molecule has 0 bridgehead atoms. The fourth-order valence-corrected chi connectivity index (χ4v) is 3.06. The molecule has 0 aliphatic heterocycles. The maximum atomic E-state index is 5.78. The molecule has 0 radical (unpaired) electrons. The molecule has 3 N–H and O–H groups in total. The predicted molar refractivity (Wildman–Crippen MR) is 76.4 cm³/mol. The van der Waals surface area contributed by atoms with Crippen molar-refractivity contribution in [2.75, 3.05) is 24.4 Å². The first-order valence-corrected chi connectivity index (χ1v) is 7.27. The average Bonchev–Trinajstić information content (AvgIpc) is 2.77. The Hall–Kier alpha value is -1.47. The third-order valence-corrected chi connectivity index (χ3v) is 4.13. The Bertz CT molecular complexity index is 530. The Balaban J connectivity index is 2.11. The van der Waals surface area contributed by atoms with E-state index in [1.54, 1.807) is 25.1 Å². The van der Waals surface area contributed by atoms with E-state index in [9.17, 15) is 0 Å². The second-order valence-corrected chi connectivity index (χ2v) is 5.05. The Kier molecular flexibility index (Phi) is 4.27. The summed E-state index contributed by atoms with van der Waals surface area (Å²) in [5.41, 5.74) is 6.78. The van der Waals surface area contributed by atoms with Crippen LogP contribution in [0.4, 0.5) is 10.8 Å². The highest BCUT2D eigenvalue weighted by Gasteiger charge is 2.11. The summed E-state index contributed by atoms with van der Waals surface area (Å²) >= 11 is 2.95. The van der Waals surface area contributed by atoms with Crippen molar-refractivity contribution in [1.82, 2.24) is 9.36 Å². The van der Waals surface area contributed by atoms with Crippen LogP contribution in [-0.2, 0) is 6.54 Å². The van der Waals surface area contributed by atoms with E-state index in [-0.39, 0.29) is 0 Å². The van der Waals surface area contributed by atoms with E-state index >= 15 is 0 Å². The number of aromatic nitrogens is 2. The SMILES string of the molecule is COc1ncccc1CNc1snc(N)c1SC. The van der Waals surface area contributed by atoms with Crippen LogP contribution in [0.5, 0.6) is 5.88 Å². The zero-order valence-electron chi connectivity index (χ0n) is 10.1. The number of rotatable bonds is 5. The number of pyridine rings is 1. The molecule has 0 aliphatic rings. The highest BCUT2D eigenvalue weighted by molar-refractivity contribution is 7.99. The molecule has 0 aliphatic carbocycles. The summed E-state index contributed by atoms with van der Waals surface area (Å²) in [4.78, 5) is 5.14. The number of nitrogens with zero attached hydrogens (tertiary/aromatic N) is 2. The molecule has 7 heteroatoms. The minimum atomic E-state index is 0.577. The summed E-state index contributed by atoms with van der Waals surface area (Å²) < 4.78 is 9.33. The third-order valence-electron chi connectivity index (χ3n) is 2.36. The van der Waals surface area contributed by atoms with Gasteiger partial charge >= 0.3 is 0 Å². The minimum absolute atomic E-state index is 0.577. The molecule has 0 unspecified atom stereocenters. The molecular weight excluding hydrogens is 268 g/mol. The van der Waals surface area contributed by atoms with Gasteiger partial charge in [0.1, 0.15) is 5.00 Å². The zero-order valence-corrected chi connectivity index (χ0v) is 11.8. The molecule has 0 atom stereocenters. The number of ether oxygens (including phenoxy) is 1. The Morgan fingerprint density at radius 2 is 2.39 bits per heavy atom. The summed E-state index contributed by atoms with van der Waals surface area (Å²) in [7, 11) is 1.61.